The minimum absolute atomic E-state index is 0.116. The molecule has 0 radical (unpaired) electrons. The average Bonchev–Trinajstić information content (AvgIpc) is 3.08. The summed E-state index contributed by atoms with van der Waals surface area (Å²) in [5.41, 5.74) is 1.05. The molecule has 6 nitrogen and oxygen atoms in total. The number of carbonyl (C=O) groups excluding carboxylic acids is 1. The van der Waals surface area contributed by atoms with Gasteiger partial charge in [0.1, 0.15) is 17.9 Å². The molecule has 0 saturated heterocycles. The molecule has 0 atom stereocenters. The summed E-state index contributed by atoms with van der Waals surface area (Å²) in [6, 6.07) is 17.2. The van der Waals surface area contributed by atoms with Crippen molar-refractivity contribution in [2.75, 3.05) is 0 Å². The average molecular weight is 405 g/mol. The lowest BCUT2D eigenvalue weighted by molar-refractivity contribution is 0.0876. The number of para-hydroxylation sites is 1. The summed E-state index contributed by atoms with van der Waals surface area (Å²) in [6.07, 6.45) is 6.02. The number of benzene rings is 2. The number of ether oxygens (including phenoxy) is 1. The third-order valence-electron chi connectivity index (χ3n) is 5.63. The Morgan fingerprint density at radius 3 is 2.37 bits per heavy atom. The lowest BCUT2D eigenvalue weighted by Gasteiger charge is -2.30. The fraction of sp³-hybridized carbons (Fsp3) is 0.375. The highest BCUT2D eigenvalue weighted by atomic mass is 16.5. The Hall–Kier alpha value is -3.15. The molecule has 3 aromatic rings. The van der Waals surface area contributed by atoms with Gasteiger partial charge in [0.15, 0.2) is 5.82 Å². The maximum Gasteiger partial charge on any atom is 0.252 e. The number of amides is 1. The first-order valence-corrected chi connectivity index (χ1v) is 10.5. The highest BCUT2D eigenvalue weighted by molar-refractivity contribution is 5.94. The maximum absolute atomic E-state index is 13.1. The van der Waals surface area contributed by atoms with Gasteiger partial charge in [-0.15, -0.1) is 0 Å². The molecule has 4 rings (SSSR count). The zero-order chi connectivity index (χ0) is 20.8. The van der Waals surface area contributed by atoms with Gasteiger partial charge in [-0.05, 0) is 42.7 Å². The van der Waals surface area contributed by atoms with Gasteiger partial charge < -0.3 is 14.6 Å². The molecule has 1 heterocycles. The number of nitrogens with one attached hydrogen (secondary N) is 1. The van der Waals surface area contributed by atoms with Crippen LogP contribution in [0.15, 0.2) is 59.1 Å². The van der Waals surface area contributed by atoms with E-state index in [2.05, 4.69) is 15.5 Å². The van der Waals surface area contributed by atoms with Crippen molar-refractivity contribution in [1.29, 1.82) is 0 Å². The van der Waals surface area contributed by atoms with E-state index in [1.54, 1.807) is 6.92 Å². The second-order valence-corrected chi connectivity index (χ2v) is 7.89. The van der Waals surface area contributed by atoms with Crippen molar-refractivity contribution in [3.63, 3.8) is 0 Å². The van der Waals surface area contributed by atoms with Crippen molar-refractivity contribution in [2.45, 2.75) is 57.6 Å². The molecule has 1 aliphatic rings. The normalized spacial score (nSPS) is 15.9. The zero-order valence-electron chi connectivity index (χ0n) is 17.3. The number of hydrogen-bond acceptors (Lipinski definition) is 5. The molecule has 0 spiro atoms. The van der Waals surface area contributed by atoms with Crippen molar-refractivity contribution < 1.29 is 14.1 Å². The Morgan fingerprint density at radius 1 is 1.03 bits per heavy atom. The van der Waals surface area contributed by atoms with Crippen LogP contribution in [0.25, 0.3) is 0 Å². The minimum Gasteiger partial charge on any atom is -0.489 e. The van der Waals surface area contributed by atoms with E-state index < -0.39 is 5.54 Å². The van der Waals surface area contributed by atoms with Crippen molar-refractivity contribution >= 4 is 5.91 Å². The summed E-state index contributed by atoms with van der Waals surface area (Å²) in [4.78, 5) is 17.5. The van der Waals surface area contributed by atoms with Gasteiger partial charge in [-0.2, -0.15) is 4.98 Å². The van der Waals surface area contributed by atoms with Crippen LogP contribution in [0.5, 0.6) is 5.75 Å². The van der Waals surface area contributed by atoms with Gasteiger partial charge in [-0.25, -0.2) is 0 Å². The van der Waals surface area contributed by atoms with Crippen LogP contribution < -0.4 is 10.1 Å². The standard InChI is InChI=1S/C24H27N3O3/c1-18-25-23(27-30-18)24(15-7-2-3-8-16-24)26-22(28)20-13-11-19(12-14-20)17-29-21-9-5-4-6-10-21/h4-6,9-14H,2-3,7-8,15-17H2,1H3,(H,26,28). The summed E-state index contributed by atoms with van der Waals surface area (Å²) >= 11 is 0. The van der Waals surface area contributed by atoms with Gasteiger partial charge in [-0.1, -0.05) is 61.2 Å². The highest BCUT2D eigenvalue weighted by Gasteiger charge is 2.38. The van der Waals surface area contributed by atoms with Crippen LogP contribution in [0, 0.1) is 6.92 Å². The van der Waals surface area contributed by atoms with Gasteiger partial charge in [0.25, 0.3) is 5.91 Å². The molecule has 1 aromatic heterocycles. The molecule has 1 saturated carbocycles. The Labute approximate surface area is 176 Å². The van der Waals surface area contributed by atoms with E-state index in [1.807, 2.05) is 54.6 Å². The molecule has 0 aliphatic heterocycles. The van der Waals surface area contributed by atoms with Crippen LogP contribution in [-0.4, -0.2) is 16.0 Å². The quantitative estimate of drug-likeness (QED) is 0.588. The number of hydrogen-bond donors (Lipinski definition) is 1. The monoisotopic (exact) mass is 405 g/mol. The summed E-state index contributed by atoms with van der Waals surface area (Å²) in [5, 5.41) is 7.39. The first-order valence-electron chi connectivity index (χ1n) is 10.5. The fourth-order valence-corrected chi connectivity index (χ4v) is 3.96. The van der Waals surface area contributed by atoms with Gasteiger partial charge >= 0.3 is 0 Å². The van der Waals surface area contributed by atoms with Crippen molar-refractivity contribution in [3.8, 4) is 5.75 Å². The smallest absolute Gasteiger partial charge is 0.252 e. The van der Waals surface area contributed by atoms with E-state index in [0.29, 0.717) is 23.9 Å². The molecule has 0 bridgehead atoms. The molecule has 1 amide bonds. The summed E-state index contributed by atoms with van der Waals surface area (Å²) in [7, 11) is 0. The minimum atomic E-state index is -0.569. The van der Waals surface area contributed by atoms with E-state index in [9.17, 15) is 4.79 Å². The number of aromatic nitrogens is 2. The fourth-order valence-electron chi connectivity index (χ4n) is 3.96. The molecule has 30 heavy (non-hydrogen) atoms. The second kappa shape index (κ2) is 9.11. The Balaban J connectivity index is 1.46. The molecule has 0 unspecified atom stereocenters. The summed E-state index contributed by atoms with van der Waals surface area (Å²) in [6.45, 7) is 2.23. The third kappa shape index (κ3) is 4.70. The van der Waals surface area contributed by atoms with Gasteiger partial charge in [0.2, 0.25) is 5.89 Å². The predicted octanol–water partition coefficient (Wildman–Crippen LogP) is 4.94. The summed E-state index contributed by atoms with van der Waals surface area (Å²) in [5.74, 6) is 1.81. The van der Waals surface area contributed by atoms with Crippen LogP contribution in [0.1, 0.15) is 66.2 Å². The molecule has 156 valence electrons. The van der Waals surface area contributed by atoms with Crippen LogP contribution in [0.4, 0.5) is 0 Å². The summed E-state index contributed by atoms with van der Waals surface area (Å²) < 4.78 is 11.0. The number of carbonyl (C=O) groups is 1. The predicted molar refractivity (Wildman–Crippen MR) is 113 cm³/mol. The second-order valence-electron chi connectivity index (χ2n) is 7.89. The molecule has 2 aromatic carbocycles. The topological polar surface area (TPSA) is 77.2 Å². The van der Waals surface area contributed by atoms with Crippen LogP contribution in [-0.2, 0) is 12.1 Å². The van der Waals surface area contributed by atoms with Gasteiger partial charge in [-0.3, -0.25) is 4.79 Å². The van der Waals surface area contributed by atoms with Gasteiger partial charge in [0.05, 0.1) is 0 Å². The largest absolute Gasteiger partial charge is 0.489 e. The lowest BCUT2D eigenvalue weighted by atomic mass is 9.88. The highest BCUT2D eigenvalue weighted by Crippen LogP contribution is 2.35. The third-order valence-corrected chi connectivity index (χ3v) is 5.63. The SMILES string of the molecule is Cc1nc(C2(NC(=O)c3ccc(COc4ccccc4)cc3)CCCCCC2)no1. The number of aryl methyl sites for hydroxylation is 1. The van der Waals surface area contributed by atoms with Crippen LogP contribution >= 0.6 is 0 Å². The number of nitrogens with zero attached hydrogens (tertiary/aromatic N) is 2. The Bertz CT molecular complexity index is 959. The molecule has 1 aliphatic carbocycles. The maximum atomic E-state index is 13.1. The van der Waals surface area contributed by atoms with E-state index in [4.69, 9.17) is 9.26 Å². The van der Waals surface area contributed by atoms with Crippen molar-refractivity contribution in [2.24, 2.45) is 0 Å². The Kier molecular flexibility index (Phi) is 6.12. The van der Waals surface area contributed by atoms with E-state index in [1.165, 1.54) is 0 Å². The van der Waals surface area contributed by atoms with Crippen molar-refractivity contribution in [1.82, 2.24) is 15.5 Å². The lowest BCUT2D eigenvalue weighted by Crippen LogP contribution is -2.46. The Morgan fingerprint density at radius 2 is 1.73 bits per heavy atom. The van der Waals surface area contributed by atoms with Crippen LogP contribution in [0.3, 0.4) is 0 Å². The van der Waals surface area contributed by atoms with Gasteiger partial charge in [0, 0.05) is 12.5 Å². The van der Waals surface area contributed by atoms with Crippen molar-refractivity contribution in [3.05, 3.63) is 77.4 Å². The molecular formula is C24H27N3O3. The van der Waals surface area contributed by atoms with E-state index >= 15 is 0 Å². The molecule has 1 fully saturated rings. The number of rotatable bonds is 6. The first-order chi connectivity index (χ1) is 14.6. The zero-order valence-corrected chi connectivity index (χ0v) is 17.3. The van der Waals surface area contributed by atoms with Crippen LogP contribution in [0.2, 0.25) is 0 Å². The first kappa shape index (κ1) is 20.1. The molecular weight excluding hydrogens is 378 g/mol. The molecule has 6 heteroatoms. The molecule has 1 N–H and O–H groups in total. The van der Waals surface area contributed by atoms with E-state index in [-0.39, 0.29) is 5.91 Å². The van der Waals surface area contributed by atoms with E-state index in [0.717, 1.165) is 49.8 Å².